The lowest BCUT2D eigenvalue weighted by Crippen LogP contribution is -2.50. The number of aromatic nitrogens is 1. The van der Waals surface area contributed by atoms with Gasteiger partial charge in [-0.25, -0.2) is 13.8 Å². The third kappa shape index (κ3) is 5.04. The number of ether oxygens (including phenoxy) is 2. The zero-order valence-corrected chi connectivity index (χ0v) is 14.2. The van der Waals surface area contributed by atoms with Gasteiger partial charge >= 0.3 is 0 Å². The summed E-state index contributed by atoms with van der Waals surface area (Å²) in [6.07, 6.45) is 0.166. The number of rotatable bonds is 6. The van der Waals surface area contributed by atoms with Crippen molar-refractivity contribution in [1.82, 2.24) is 10.3 Å². The van der Waals surface area contributed by atoms with E-state index in [-0.39, 0.29) is 30.0 Å². The van der Waals surface area contributed by atoms with Crippen LogP contribution in [-0.4, -0.2) is 36.3 Å². The molecular formula is C17H18F2N2O3S. The maximum absolute atomic E-state index is 13.7. The monoisotopic (exact) mass is 368 g/mol. The maximum Gasteiger partial charge on any atom is 0.224 e. The number of carbonyl (C=O) groups is 1. The number of amides is 1. The van der Waals surface area contributed by atoms with Gasteiger partial charge in [0.1, 0.15) is 17.7 Å². The molecule has 2 unspecified atom stereocenters. The van der Waals surface area contributed by atoms with Crippen LogP contribution in [0.3, 0.4) is 0 Å². The molecule has 1 saturated heterocycles. The van der Waals surface area contributed by atoms with Gasteiger partial charge in [0, 0.05) is 18.1 Å². The number of hydrogen-bond donors (Lipinski definition) is 1. The highest BCUT2D eigenvalue weighted by atomic mass is 32.1. The molecule has 0 radical (unpaired) electrons. The van der Waals surface area contributed by atoms with Gasteiger partial charge in [0.2, 0.25) is 5.91 Å². The van der Waals surface area contributed by atoms with Crippen LogP contribution in [0.25, 0.3) is 0 Å². The summed E-state index contributed by atoms with van der Waals surface area (Å²) in [6, 6.07) is 2.98. The van der Waals surface area contributed by atoms with Crippen molar-refractivity contribution in [2.24, 2.45) is 0 Å². The highest BCUT2D eigenvalue weighted by Crippen LogP contribution is 2.15. The van der Waals surface area contributed by atoms with Crippen molar-refractivity contribution in [3.05, 3.63) is 52.0 Å². The Kier molecular flexibility index (Phi) is 6.06. The first-order chi connectivity index (χ1) is 12.1. The Morgan fingerprint density at radius 3 is 3.08 bits per heavy atom. The van der Waals surface area contributed by atoms with Crippen LogP contribution in [0.15, 0.2) is 29.1 Å². The SMILES string of the molecule is O=C(Cc1ccc(F)cc1F)NC1CCOCC1OCc1cscn1. The van der Waals surface area contributed by atoms with Crippen LogP contribution in [0.5, 0.6) is 0 Å². The Hall–Kier alpha value is -1.90. The highest BCUT2D eigenvalue weighted by Gasteiger charge is 2.28. The second kappa shape index (κ2) is 8.46. The van der Waals surface area contributed by atoms with Crippen LogP contribution < -0.4 is 5.32 Å². The van der Waals surface area contributed by atoms with E-state index in [1.807, 2.05) is 5.38 Å². The fraction of sp³-hybridized carbons (Fsp3) is 0.412. The Labute approximate surface area is 148 Å². The van der Waals surface area contributed by atoms with E-state index < -0.39 is 11.6 Å². The van der Waals surface area contributed by atoms with Gasteiger partial charge in [0.05, 0.1) is 36.9 Å². The summed E-state index contributed by atoms with van der Waals surface area (Å²) >= 11 is 1.49. The van der Waals surface area contributed by atoms with Gasteiger partial charge in [-0.1, -0.05) is 6.07 Å². The lowest BCUT2D eigenvalue weighted by atomic mass is 10.0. The van der Waals surface area contributed by atoms with E-state index in [4.69, 9.17) is 9.47 Å². The van der Waals surface area contributed by atoms with Crippen LogP contribution in [0.4, 0.5) is 8.78 Å². The van der Waals surface area contributed by atoms with Gasteiger partial charge in [0.25, 0.3) is 0 Å². The molecule has 0 saturated carbocycles. The number of nitrogens with zero attached hydrogens (tertiary/aromatic N) is 1. The topological polar surface area (TPSA) is 60.5 Å². The number of thiazole rings is 1. The molecule has 1 aromatic heterocycles. The molecular weight excluding hydrogens is 350 g/mol. The summed E-state index contributed by atoms with van der Waals surface area (Å²) in [5.74, 6) is -1.72. The molecule has 2 aromatic rings. The number of nitrogens with one attached hydrogen (secondary N) is 1. The first kappa shape index (κ1) is 17.9. The van der Waals surface area contributed by atoms with Crippen molar-refractivity contribution in [2.75, 3.05) is 13.2 Å². The van der Waals surface area contributed by atoms with E-state index in [1.54, 1.807) is 5.51 Å². The molecule has 25 heavy (non-hydrogen) atoms. The van der Waals surface area contributed by atoms with Crippen LogP contribution in [0, 0.1) is 11.6 Å². The molecule has 1 aliphatic rings. The largest absolute Gasteiger partial charge is 0.379 e. The number of hydrogen-bond acceptors (Lipinski definition) is 5. The number of benzene rings is 1. The van der Waals surface area contributed by atoms with Gasteiger partial charge in [-0.3, -0.25) is 4.79 Å². The van der Waals surface area contributed by atoms with E-state index in [0.29, 0.717) is 26.2 Å². The van der Waals surface area contributed by atoms with Crippen molar-refractivity contribution in [1.29, 1.82) is 0 Å². The average Bonchev–Trinajstić information content (AvgIpc) is 3.10. The molecule has 134 valence electrons. The van der Waals surface area contributed by atoms with Crippen LogP contribution in [0.1, 0.15) is 17.7 Å². The zero-order chi connectivity index (χ0) is 17.6. The summed E-state index contributed by atoms with van der Waals surface area (Å²) in [5.41, 5.74) is 2.71. The molecule has 3 rings (SSSR count). The number of halogens is 2. The van der Waals surface area contributed by atoms with E-state index in [9.17, 15) is 13.6 Å². The van der Waals surface area contributed by atoms with Crippen molar-refractivity contribution in [3.63, 3.8) is 0 Å². The maximum atomic E-state index is 13.7. The van der Waals surface area contributed by atoms with E-state index in [2.05, 4.69) is 10.3 Å². The van der Waals surface area contributed by atoms with Gasteiger partial charge in [-0.15, -0.1) is 11.3 Å². The quantitative estimate of drug-likeness (QED) is 0.851. The lowest BCUT2D eigenvalue weighted by molar-refractivity contribution is -0.126. The van der Waals surface area contributed by atoms with Crippen molar-refractivity contribution < 1.29 is 23.0 Å². The molecule has 1 aliphatic heterocycles. The summed E-state index contributed by atoms with van der Waals surface area (Å²) < 4.78 is 37.8. The van der Waals surface area contributed by atoms with Crippen molar-refractivity contribution in [3.8, 4) is 0 Å². The van der Waals surface area contributed by atoms with Gasteiger partial charge in [-0.2, -0.15) is 0 Å². The zero-order valence-electron chi connectivity index (χ0n) is 13.4. The molecule has 0 aliphatic carbocycles. The van der Waals surface area contributed by atoms with Crippen LogP contribution in [0.2, 0.25) is 0 Å². The predicted molar refractivity (Wildman–Crippen MR) is 88.1 cm³/mol. The predicted octanol–water partition coefficient (Wildman–Crippen LogP) is 2.45. The molecule has 0 spiro atoms. The molecule has 1 fully saturated rings. The lowest BCUT2D eigenvalue weighted by Gasteiger charge is -2.32. The first-order valence-electron chi connectivity index (χ1n) is 7.91. The minimum Gasteiger partial charge on any atom is -0.379 e. The van der Waals surface area contributed by atoms with Gasteiger partial charge in [0.15, 0.2) is 0 Å². The normalized spacial score (nSPS) is 20.4. The van der Waals surface area contributed by atoms with E-state index in [0.717, 1.165) is 17.8 Å². The fourth-order valence-electron chi connectivity index (χ4n) is 2.64. The fourth-order valence-corrected chi connectivity index (χ4v) is 3.18. The smallest absolute Gasteiger partial charge is 0.224 e. The van der Waals surface area contributed by atoms with E-state index >= 15 is 0 Å². The first-order valence-corrected chi connectivity index (χ1v) is 8.86. The third-order valence-electron chi connectivity index (χ3n) is 3.95. The molecule has 2 heterocycles. The molecule has 5 nitrogen and oxygen atoms in total. The van der Waals surface area contributed by atoms with Crippen LogP contribution >= 0.6 is 11.3 Å². The van der Waals surface area contributed by atoms with E-state index in [1.165, 1.54) is 17.4 Å². The summed E-state index contributed by atoms with van der Waals surface area (Å²) in [6.45, 7) is 1.24. The Bertz CT molecular complexity index is 712. The number of carbonyl (C=O) groups excluding carboxylic acids is 1. The Morgan fingerprint density at radius 2 is 2.32 bits per heavy atom. The average molecular weight is 368 g/mol. The standard InChI is InChI=1S/C17H18F2N2O3S/c18-12-2-1-11(14(19)6-12)5-17(22)21-15-3-4-23-8-16(15)24-7-13-9-25-10-20-13/h1-2,6,9-10,15-16H,3-5,7-8H2,(H,21,22). The summed E-state index contributed by atoms with van der Waals surface area (Å²) in [7, 11) is 0. The second-order valence-corrected chi connectivity index (χ2v) is 6.50. The highest BCUT2D eigenvalue weighted by molar-refractivity contribution is 7.07. The Balaban J connectivity index is 1.55. The van der Waals surface area contributed by atoms with Gasteiger partial charge in [-0.05, 0) is 18.1 Å². The second-order valence-electron chi connectivity index (χ2n) is 5.78. The molecule has 1 aromatic carbocycles. The molecule has 1 N–H and O–H groups in total. The molecule has 1 amide bonds. The molecule has 8 heteroatoms. The van der Waals surface area contributed by atoms with Crippen LogP contribution in [-0.2, 0) is 27.3 Å². The Morgan fingerprint density at radius 1 is 1.44 bits per heavy atom. The minimum atomic E-state index is -0.724. The third-order valence-corrected chi connectivity index (χ3v) is 4.58. The van der Waals surface area contributed by atoms with Gasteiger partial charge < -0.3 is 14.8 Å². The van der Waals surface area contributed by atoms with Crippen molar-refractivity contribution >= 4 is 17.2 Å². The molecule has 0 bridgehead atoms. The summed E-state index contributed by atoms with van der Waals surface area (Å²) in [4.78, 5) is 16.4. The minimum absolute atomic E-state index is 0.151. The molecule has 2 atom stereocenters. The van der Waals surface area contributed by atoms with Crippen molar-refractivity contribution in [2.45, 2.75) is 31.6 Å². The summed E-state index contributed by atoms with van der Waals surface area (Å²) in [5, 5.41) is 4.76.